The van der Waals surface area contributed by atoms with Crippen LogP contribution in [0.3, 0.4) is 0 Å². The third kappa shape index (κ3) is 4.23. The molecule has 1 N–H and O–H groups in total. The van der Waals surface area contributed by atoms with Gasteiger partial charge >= 0.3 is 5.97 Å². The lowest BCUT2D eigenvalue weighted by Gasteiger charge is -2.20. The molecule has 0 amide bonds. The quantitative estimate of drug-likeness (QED) is 0.735. The molecule has 0 heterocycles. The third-order valence-electron chi connectivity index (χ3n) is 2.84. The highest BCUT2D eigenvalue weighted by atomic mass is 32.2. The number of nitrogens with zero attached hydrogens (tertiary/aromatic N) is 1. The predicted octanol–water partition coefficient (Wildman–Crippen LogP) is 1.57. The van der Waals surface area contributed by atoms with E-state index in [0.29, 0.717) is 12.7 Å². The first-order valence-corrected chi connectivity index (χ1v) is 7.89. The number of ether oxygens (including phenoxy) is 1. The summed E-state index contributed by atoms with van der Waals surface area (Å²) >= 11 is 0. The molecule has 0 atom stereocenters. The van der Waals surface area contributed by atoms with Gasteiger partial charge in [-0.05, 0) is 25.1 Å². The van der Waals surface area contributed by atoms with Crippen LogP contribution in [-0.2, 0) is 14.8 Å². The average Bonchev–Trinajstić information content (AvgIpc) is 2.42. The van der Waals surface area contributed by atoms with Crippen LogP contribution in [-0.4, -0.2) is 50.1 Å². The summed E-state index contributed by atoms with van der Waals surface area (Å²) in [5, 5.41) is 8.76. The zero-order valence-corrected chi connectivity index (χ0v) is 12.7. The lowest BCUT2D eigenvalue weighted by molar-refractivity contribution is 0.0696. The standard InChI is InChI=1S/C13H18FNO5S/c1-3-15(7-8-20-4-2)21(18,19)12-6-5-10(13(16)17)9-11(12)14/h5-6,9H,3-4,7-8H2,1-2H3,(H,16,17). The second kappa shape index (κ2) is 7.48. The van der Waals surface area contributed by atoms with Gasteiger partial charge in [0.25, 0.3) is 0 Å². The molecule has 21 heavy (non-hydrogen) atoms. The smallest absolute Gasteiger partial charge is 0.335 e. The molecule has 0 aliphatic carbocycles. The van der Waals surface area contributed by atoms with Gasteiger partial charge in [-0.2, -0.15) is 4.31 Å². The number of rotatable bonds is 8. The van der Waals surface area contributed by atoms with E-state index in [4.69, 9.17) is 9.84 Å². The van der Waals surface area contributed by atoms with Gasteiger partial charge in [-0.25, -0.2) is 17.6 Å². The number of halogens is 1. The van der Waals surface area contributed by atoms with Crippen LogP contribution in [0.1, 0.15) is 24.2 Å². The molecule has 118 valence electrons. The minimum Gasteiger partial charge on any atom is -0.478 e. The molecule has 1 rings (SSSR count). The van der Waals surface area contributed by atoms with Crippen LogP contribution in [0.25, 0.3) is 0 Å². The topological polar surface area (TPSA) is 83.9 Å². The van der Waals surface area contributed by atoms with Gasteiger partial charge in [0.05, 0.1) is 12.2 Å². The van der Waals surface area contributed by atoms with E-state index in [0.717, 1.165) is 16.4 Å². The van der Waals surface area contributed by atoms with Crippen LogP contribution in [0.15, 0.2) is 23.1 Å². The van der Waals surface area contributed by atoms with Gasteiger partial charge in [-0.3, -0.25) is 0 Å². The SMILES string of the molecule is CCOCCN(CC)S(=O)(=O)c1ccc(C(=O)O)cc1F. The molecule has 0 aromatic heterocycles. The maximum Gasteiger partial charge on any atom is 0.335 e. The number of hydrogen-bond donors (Lipinski definition) is 1. The van der Waals surface area contributed by atoms with Crippen LogP contribution < -0.4 is 0 Å². The minimum atomic E-state index is -4.02. The van der Waals surface area contributed by atoms with E-state index in [2.05, 4.69) is 0 Å². The van der Waals surface area contributed by atoms with E-state index >= 15 is 0 Å². The zero-order valence-electron chi connectivity index (χ0n) is 11.9. The van der Waals surface area contributed by atoms with Crippen molar-refractivity contribution in [3.05, 3.63) is 29.6 Å². The van der Waals surface area contributed by atoms with Crippen LogP contribution in [0.5, 0.6) is 0 Å². The van der Waals surface area contributed by atoms with E-state index in [-0.39, 0.29) is 25.3 Å². The number of carboxylic acids is 1. The van der Waals surface area contributed by atoms with Crippen LogP contribution in [0.4, 0.5) is 4.39 Å². The van der Waals surface area contributed by atoms with Crippen molar-refractivity contribution in [2.45, 2.75) is 18.7 Å². The van der Waals surface area contributed by atoms with E-state index in [1.54, 1.807) is 13.8 Å². The van der Waals surface area contributed by atoms with Gasteiger partial charge in [0.2, 0.25) is 10.0 Å². The Hall–Kier alpha value is -1.51. The van der Waals surface area contributed by atoms with Gasteiger partial charge in [0.1, 0.15) is 10.7 Å². The highest BCUT2D eigenvalue weighted by Crippen LogP contribution is 2.20. The number of benzene rings is 1. The Labute approximate surface area is 123 Å². The number of aromatic carboxylic acids is 1. The number of sulfonamides is 1. The van der Waals surface area contributed by atoms with E-state index in [1.807, 2.05) is 0 Å². The van der Waals surface area contributed by atoms with E-state index in [1.165, 1.54) is 0 Å². The lowest BCUT2D eigenvalue weighted by Crippen LogP contribution is -2.34. The molecule has 0 aliphatic rings. The Balaban J connectivity index is 3.08. The molecule has 1 aromatic rings. The second-order valence-electron chi connectivity index (χ2n) is 4.14. The Bertz CT molecular complexity index is 603. The molecule has 6 nitrogen and oxygen atoms in total. The lowest BCUT2D eigenvalue weighted by atomic mass is 10.2. The fourth-order valence-electron chi connectivity index (χ4n) is 1.74. The summed E-state index contributed by atoms with van der Waals surface area (Å²) in [6, 6.07) is 2.73. The zero-order chi connectivity index (χ0) is 16.0. The van der Waals surface area contributed by atoms with Gasteiger partial charge in [-0.15, -0.1) is 0 Å². The molecular formula is C13H18FNO5S. The van der Waals surface area contributed by atoms with Crippen molar-refractivity contribution in [3.8, 4) is 0 Å². The van der Waals surface area contributed by atoms with Crippen molar-refractivity contribution in [3.63, 3.8) is 0 Å². The predicted molar refractivity (Wildman–Crippen MR) is 74.3 cm³/mol. The molecule has 0 aliphatic heterocycles. The molecule has 0 saturated heterocycles. The molecule has 8 heteroatoms. The monoisotopic (exact) mass is 319 g/mol. The maximum atomic E-state index is 13.9. The van der Waals surface area contributed by atoms with Crippen molar-refractivity contribution in [1.82, 2.24) is 4.31 Å². The van der Waals surface area contributed by atoms with E-state index in [9.17, 15) is 17.6 Å². The molecular weight excluding hydrogens is 301 g/mol. The Morgan fingerprint density at radius 1 is 1.38 bits per heavy atom. The van der Waals surface area contributed by atoms with Gasteiger partial charge in [-0.1, -0.05) is 6.92 Å². The molecule has 1 aromatic carbocycles. The van der Waals surface area contributed by atoms with Crippen LogP contribution in [0, 0.1) is 5.82 Å². The summed E-state index contributed by atoms with van der Waals surface area (Å²) in [6.45, 7) is 4.35. The Kier molecular flexibility index (Phi) is 6.25. The van der Waals surface area contributed by atoms with Gasteiger partial charge < -0.3 is 9.84 Å². The Morgan fingerprint density at radius 3 is 2.52 bits per heavy atom. The summed E-state index contributed by atoms with van der Waals surface area (Å²) in [6.07, 6.45) is 0. The van der Waals surface area contributed by atoms with Gasteiger partial charge in [0.15, 0.2) is 0 Å². The summed E-state index contributed by atoms with van der Waals surface area (Å²) in [5.41, 5.74) is -0.302. The van der Waals surface area contributed by atoms with Crippen LogP contribution in [0.2, 0.25) is 0 Å². The first kappa shape index (κ1) is 17.5. The summed E-state index contributed by atoms with van der Waals surface area (Å²) in [4.78, 5) is 10.2. The van der Waals surface area contributed by atoms with Crippen molar-refractivity contribution in [1.29, 1.82) is 0 Å². The number of likely N-dealkylation sites (N-methyl/N-ethyl adjacent to an activating group) is 1. The number of hydrogen-bond acceptors (Lipinski definition) is 4. The third-order valence-corrected chi connectivity index (χ3v) is 4.85. The summed E-state index contributed by atoms with van der Waals surface area (Å²) < 4.78 is 44.8. The molecule has 0 saturated carbocycles. The van der Waals surface area contributed by atoms with Crippen molar-refractivity contribution < 1.29 is 27.4 Å². The first-order chi connectivity index (χ1) is 9.84. The molecule has 0 fully saturated rings. The summed E-state index contributed by atoms with van der Waals surface area (Å²) in [5.74, 6) is -2.40. The molecule has 0 bridgehead atoms. The number of carbonyl (C=O) groups is 1. The first-order valence-electron chi connectivity index (χ1n) is 6.45. The molecule has 0 radical (unpaired) electrons. The molecule has 0 spiro atoms. The number of carboxylic acid groups (broad SMARTS) is 1. The fraction of sp³-hybridized carbons (Fsp3) is 0.462. The fourth-order valence-corrected chi connectivity index (χ4v) is 3.22. The second-order valence-corrected chi connectivity index (χ2v) is 6.05. The van der Waals surface area contributed by atoms with E-state index < -0.39 is 26.7 Å². The average molecular weight is 319 g/mol. The normalized spacial score (nSPS) is 11.8. The van der Waals surface area contributed by atoms with Crippen molar-refractivity contribution in [2.24, 2.45) is 0 Å². The Morgan fingerprint density at radius 2 is 2.05 bits per heavy atom. The van der Waals surface area contributed by atoms with Gasteiger partial charge in [0, 0.05) is 19.7 Å². The maximum absolute atomic E-state index is 13.9. The largest absolute Gasteiger partial charge is 0.478 e. The highest BCUT2D eigenvalue weighted by Gasteiger charge is 2.26. The van der Waals surface area contributed by atoms with Crippen molar-refractivity contribution >= 4 is 16.0 Å². The minimum absolute atomic E-state index is 0.104. The van der Waals surface area contributed by atoms with Crippen LogP contribution >= 0.6 is 0 Å². The molecule has 0 unspecified atom stereocenters. The summed E-state index contributed by atoms with van der Waals surface area (Å²) in [7, 11) is -4.02. The highest BCUT2D eigenvalue weighted by molar-refractivity contribution is 7.89. The van der Waals surface area contributed by atoms with Crippen molar-refractivity contribution in [2.75, 3.05) is 26.3 Å².